The number of nitrogens with zero attached hydrogens (tertiary/aromatic N) is 3. The van der Waals surface area contributed by atoms with Gasteiger partial charge in [-0.1, -0.05) is 44.9 Å². The van der Waals surface area contributed by atoms with Crippen LogP contribution in [0.3, 0.4) is 0 Å². The Balaban J connectivity index is 1.61. The lowest BCUT2D eigenvalue weighted by atomic mass is 9.81. The van der Waals surface area contributed by atoms with Crippen LogP contribution in [-0.2, 0) is 4.74 Å². The van der Waals surface area contributed by atoms with Crippen molar-refractivity contribution in [3.63, 3.8) is 0 Å². The molecule has 1 aliphatic rings. The first kappa shape index (κ1) is 18.6. The van der Waals surface area contributed by atoms with Crippen molar-refractivity contribution >= 4 is 5.97 Å². The maximum absolute atomic E-state index is 12.2. The third kappa shape index (κ3) is 3.97. The van der Waals surface area contributed by atoms with Gasteiger partial charge >= 0.3 is 5.97 Å². The molecule has 0 spiro atoms. The Labute approximate surface area is 155 Å². The van der Waals surface area contributed by atoms with Crippen molar-refractivity contribution in [3.8, 4) is 0 Å². The monoisotopic (exact) mass is 355 g/mol. The molecule has 0 bridgehead atoms. The zero-order valence-corrected chi connectivity index (χ0v) is 16.0. The van der Waals surface area contributed by atoms with Crippen LogP contribution in [0.2, 0.25) is 0 Å². The summed E-state index contributed by atoms with van der Waals surface area (Å²) in [4.78, 5) is 12.2. The average Bonchev–Trinajstić information content (AvgIpc) is 3.00. The molecule has 0 aliphatic heterocycles. The Bertz CT molecular complexity index is 720. The molecule has 1 aromatic carbocycles. The Morgan fingerprint density at radius 2 is 1.96 bits per heavy atom. The lowest BCUT2D eigenvalue weighted by Gasteiger charge is -2.35. The van der Waals surface area contributed by atoms with E-state index >= 15 is 0 Å². The van der Waals surface area contributed by atoms with Crippen LogP contribution < -0.4 is 0 Å². The smallest absolute Gasteiger partial charge is 0.338 e. The second-order valence-electron chi connectivity index (χ2n) is 7.24. The first-order chi connectivity index (χ1) is 12.6. The minimum absolute atomic E-state index is 0.0196. The summed E-state index contributed by atoms with van der Waals surface area (Å²) in [6.45, 7) is 6.50. The molecule has 0 amide bonds. The second-order valence-corrected chi connectivity index (χ2v) is 7.24. The summed E-state index contributed by atoms with van der Waals surface area (Å²) < 4.78 is 7.96. The van der Waals surface area contributed by atoms with Crippen molar-refractivity contribution in [1.82, 2.24) is 14.8 Å². The summed E-state index contributed by atoms with van der Waals surface area (Å²) in [5.41, 5.74) is 0.612. The molecule has 26 heavy (non-hydrogen) atoms. The van der Waals surface area contributed by atoms with Crippen LogP contribution in [0.15, 0.2) is 30.3 Å². The average molecular weight is 355 g/mol. The molecular weight excluding hydrogens is 326 g/mol. The van der Waals surface area contributed by atoms with E-state index in [1.165, 1.54) is 12.8 Å². The number of aromatic nitrogens is 3. The summed E-state index contributed by atoms with van der Waals surface area (Å²) >= 11 is 0. The molecule has 1 saturated carbocycles. The van der Waals surface area contributed by atoms with Crippen LogP contribution in [0.4, 0.5) is 0 Å². The number of ether oxygens (including phenoxy) is 1. The van der Waals surface area contributed by atoms with Crippen LogP contribution in [-0.4, -0.2) is 26.8 Å². The van der Waals surface area contributed by atoms with Crippen molar-refractivity contribution in [2.24, 2.45) is 0 Å². The third-order valence-electron chi connectivity index (χ3n) is 5.36. The lowest BCUT2D eigenvalue weighted by Crippen LogP contribution is -2.34. The fourth-order valence-electron chi connectivity index (χ4n) is 3.74. The number of hydrogen-bond acceptors (Lipinski definition) is 4. The van der Waals surface area contributed by atoms with Crippen molar-refractivity contribution in [2.75, 3.05) is 0 Å². The fraction of sp³-hybridized carbons (Fsp3) is 0.571. The van der Waals surface area contributed by atoms with Gasteiger partial charge in [-0.3, -0.25) is 0 Å². The van der Waals surface area contributed by atoms with Crippen LogP contribution in [0.25, 0.3) is 0 Å². The topological polar surface area (TPSA) is 57.0 Å². The van der Waals surface area contributed by atoms with E-state index in [-0.39, 0.29) is 12.1 Å². The van der Waals surface area contributed by atoms with E-state index in [9.17, 15) is 4.79 Å². The highest BCUT2D eigenvalue weighted by molar-refractivity contribution is 5.89. The molecule has 1 fully saturated rings. The highest BCUT2D eigenvalue weighted by Crippen LogP contribution is 2.40. The van der Waals surface area contributed by atoms with E-state index in [0.29, 0.717) is 17.5 Å². The Kier molecular flexibility index (Phi) is 6.07. The van der Waals surface area contributed by atoms with E-state index < -0.39 is 0 Å². The number of unbranched alkanes of at least 4 members (excludes halogenated alkanes) is 1. The molecule has 1 atom stereocenters. The number of esters is 1. The van der Waals surface area contributed by atoms with Gasteiger partial charge in [-0.25, -0.2) is 4.79 Å². The largest absolute Gasteiger partial charge is 0.459 e. The number of carbonyl (C=O) groups is 1. The predicted octanol–water partition coefficient (Wildman–Crippen LogP) is 4.83. The van der Waals surface area contributed by atoms with Gasteiger partial charge in [0.2, 0.25) is 0 Å². The van der Waals surface area contributed by atoms with Crippen LogP contribution in [0, 0.1) is 6.92 Å². The molecule has 1 aliphatic carbocycles. The molecule has 5 nitrogen and oxygen atoms in total. The highest BCUT2D eigenvalue weighted by atomic mass is 16.5. The zero-order chi connectivity index (χ0) is 18.5. The van der Waals surface area contributed by atoms with Crippen molar-refractivity contribution < 1.29 is 9.53 Å². The molecule has 1 unspecified atom stereocenters. The lowest BCUT2D eigenvalue weighted by molar-refractivity contribution is 0.000429. The Hall–Kier alpha value is -2.17. The predicted molar refractivity (Wildman–Crippen MR) is 101 cm³/mol. The van der Waals surface area contributed by atoms with Gasteiger partial charge in [0.1, 0.15) is 17.8 Å². The number of benzene rings is 1. The maximum atomic E-state index is 12.2. The summed E-state index contributed by atoms with van der Waals surface area (Å²) in [5, 5.41) is 8.79. The van der Waals surface area contributed by atoms with Crippen LogP contribution in [0.1, 0.15) is 86.3 Å². The Morgan fingerprint density at radius 1 is 1.23 bits per heavy atom. The van der Waals surface area contributed by atoms with Gasteiger partial charge in [0, 0.05) is 12.0 Å². The molecule has 1 heterocycles. The second kappa shape index (κ2) is 8.47. The standard InChI is InChI=1S/C21H29N3O2/c1-4-6-12-18(5-2)24-15(3)22-23-20(24)17-13-19(14-17)26-21(25)16-10-8-7-9-11-16/h7-11,17-19H,4-6,12-14H2,1-3H3. The molecule has 0 radical (unpaired) electrons. The van der Waals surface area contributed by atoms with Crippen molar-refractivity contribution in [2.45, 2.75) is 77.4 Å². The summed E-state index contributed by atoms with van der Waals surface area (Å²) in [6.07, 6.45) is 6.32. The van der Waals surface area contributed by atoms with Gasteiger partial charge in [0.05, 0.1) is 5.56 Å². The van der Waals surface area contributed by atoms with Gasteiger partial charge in [-0.15, -0.1) is 10.2 Å². The number of hydrogen-bond donors (Lipinski definition) is 0. The fourth-order valence-corrected chi connectivity index (χ4v) is 3.74. The molecule has 2 aromatic rings. The molecule has 3 rings (SSSR count). The first-order valence-corrected chi connectivity index (χ1v) is 9.81. The van der Waals surface area contributed by atoms with Gasteiger partial charge < -0.3 is 9.30 Å². The van der Waals surface area contributed by atoms with Gasteiger partial charge in [0.25, 0.3) is 0 Å². The van der Waals surface area contributed by atoms with E-state index in [0.717, 1.165) is 37.3 Å². The summed E-state index contributed by atoms with van der Waals surface area (Å²) in [6, 6.07) is 9.65. The first-order valence-electron chi connectivity index (χ1n) is 9.81. The molecule has 0 saturated heterocycles. The summed E-state index contributed by atoms with van der Waals surface area (Å²) in [5.74, 6) is 2.16. The SMILES string of the molecule is CCCCC(CC)n1c(C)nnc1C1CC(OC(=O)c2ccccc2)C1. The molecule has 140 valence electrons. The van der Waals surface area contributed by atoms with Crippen LogP contribution >= 0.6 is 0 Å². The van der Waals surface area contributed by atoms with E-state index in [2.05, 4.69) is 28.6 Å². The molecule has 0 N–H and O–H groups in total. The van der Waals surface area contributed by atoms with E-state index in [1.807, 2.05) is 25.1 Å². The molecule has 1 aromatic heterocycles. The van der Waals surface area contributed by atoms with Gasteiger partial charge in [0.15, 0.2) is 0 Å². The van der Waals surface area contributed by atoms with Crippen LogP contribution in [0.5, 0.6) is 0 Å². The van der Waals surface area contributed by atoms with Gasteiger partial charge in [-0.05, 0) is 44.7 Å². The van der Waals surface area contributed by atoms with Gasteiger partial charge in [-0.2, -0.15) is 0 Å². The minimum Gasteiger partial charge on any atom is -0.459 e. The molecular formula is C21H29N3O2. The normalized spacial score (nSPS) is 20.4. The molecule has 5 heteroatoms. The number of rotatable bonds is 8. The van der Waals surface area contributed by atoms with Crippen molar-refractivity contribution in [1.29, 1.82) is 0 Å². The van der Waals surface area contributed by atoms with Crippen molar-refractivity contribution in [3.05, 3.63) is 47.5 Å². The minimum atomic E-state index is -0.235. The van der Waals surface area contributed by atoms with E-state index in [4.69, 9.17) is 4.74 Å². The summed E-state index contributed by atoms with van der Waals surface area (Å²) in [7, 11) is 0. The zero-order valence-electron chi connectivity index (χ0n) is 16.0. The third-order valence-corrected chi connectivity index (χ3v) is 5.36. The quantitative estimate of drug-likeness (QED) is 0.636. The number of aryl methyl sites for hydroxylation is 1. The highest BCUT2D eigenvalue weighted by Gasteiger charge is 2.37. The van der Waals surface area contributed by atoms with E-state index in [1.54, 1.807) is 12.1 Å². The number of carbonyl (C=O) groups excluding carboxylic acids is 1. The maximum Gasteiger partial charge on any atom is 0.338 e. The Morgan fingerprint density at radius 3 is 2.62 bits per heavy atom.